The Morgan fingerprint density at radius 1 is 1.08 bits per heavy atom. The second kappa shape index (κ2) is 8.47. The molecule has 26 heavy (non-hydrogen) atoms. The fraction of sp³-hybridized carbons (Fsp3) is 0.350. The molecule has 3 rings (SSSR count). The van der Waals surface area contributed by atoms with Crippen LogP contribution in [0, 0.1) is 5.92 Å². The molecular weight excluding hydrogens is 348 g/mol. The van der Waals surface area contributed by atoms with Crippen LogP contribution >= 0.6 is 0 Å². The number of hydrogen-bond acceptors (Lipinski definition) is 4. The maximum Gasteiger partial charge on any atom is 0.251 e. The van der Waals surface area contributed by atoms with E-state index in [-0.39, 0.29) is 16.6 Å². The summed E-state index contributed by atoms with van der Waals surface area (Å²) in [6, 6.07) is 15.2. The van der Waals surface area contributed by atoms with E-state index < -0.39 is 9.84 Å². The molecule has 2 aromatic carbocycles. The molecule has 6 heteroatoms. The molecule has 2 N–H and O–H groups in total. The summed E-state index contributed by atoms with van der Waals surface area (Å²) in [5.41, 5.74) is 0.950. The number of carbonyl (C=O) groups excluding carboxylic acids is 1. The Balaban J connectivity index is 1.72. The van der Waals surface area contributed by atoms with E-state index in [1.54, 1.807) is 54.6 Å². The summed E-state index contributed by atoms with van der Waals surface area (Å²) in [5, 5.41) is 6.29. The molecule has 1 aliphatic heterocycles. The molecule has 1 aliphatic rings. The number of benzene rings is 2. The summed E-state index contributed by atoms with van der Waals surface area (Å²) < 4.78 is 25.3. The first-order valence-corrected chi connectivity index (χ1v) is 10.6. The predicted octanol–water partition coefficient (Wildman–Crippen LogP) is 2.39. The van der Waals surface area contributed by atoms with Gasteiger partial charge in [0.1, 0.15) is 0 Å². The van der Waals surface area contributed by atoms with E-state index in [4.69, 9.17) is 0 Å². The average molecular weight is 372 g/mol. The average Bonchev–Trinajstić information content (AvgIpc) is 2.68. The number of sulfone groups is 1. The minimum absolute atomic E-state index is 0.189. The van der Waals surface area contributed by atoms with Gasteiger partial charge in [-0.15, -0.1) is 0 Å². The second-order valence-electron chi connectivity index (χ2n) is 6.65. The molecule has 0 aliphatic carbocycles. The highest BCUT2D eigenvalue weighted by atomic mass is 32.2. The molecular formula is C20H24N2O3S. The van der Waals surface area contributed by atoms with Crippen LogP contribution in [-0.4, -0.2) is 34.0 Å². The van der Waals surface area contributed by atoms with Crippen LogP contribution in [0.2, 0.25) is 0 Å². The maximum absolute atomic E-state index is 12.6. The molecule has 2 aromatic rings. The number of rotatable bonds is 6. The molecule has 5 nitrogen and oxygen atoms in total. The minimum atomic E-state index is -3.49. The lowest BCUT2D eigenvalue weighted by molar-refractivity contribution is 0.0944. The van der Waals surface area contributed by atoms with Crippen LogP contribution < -0.4 is 10.6 Å². The number of nitrogens with one attached hydrogen (secondary N) is 2. The number of carbonyl (C=O) groups is 1. The van der Waals surface area contributed by atoms with E-state index in [2.05, 4.69) is 10.6 Å². The van der Waals surface area contributed by atoms with Crippen LogP contribution in [0.25, 0.3) is 0 Å². The molecule has 1 unspecified atom stereocenters. The van der Waals surface area contributed by atoms with Gasteiger partial charge in [0.05, 0.1) is 10.6 Å². The smallest absolute Gasteiger partial charge is 0.251 e. The fourth-order valence-corrected chi connectivity index (χ4v) is 4.61. The van der Waals surface area contributed by atoms with Gasteiger partial charge in [0.25, 0.3) is 5.91 Å². The molecule has 0 spiro atoms. The van der Waals surface area contributed by atoms with Crippen molar-refractivity contribution in [3.05, 3.63) is 65.7 Å². The molecule has 1 fully saturated rings. The van der Waals surface area contributed by atoms with E-state index in [9.17, 15) is 13.2 Å². The van der Waals surface area contributed by atoms with Gasteiger partial charge in [-0.3, -0.25) is 4.79 Å². The fourth-order valence-electron chi connectivity index (χ4n) is 3.21. The molecule has 1 saturated heterocycles. The Labute approximate surface area is 154 Å². The van der Waals surface area contributed by atoms with Crippen molar-refractivity contribution in [3.8, 4) is 0 Å². The monoisotopic (exact) mass is 372 g/mol. The van der Waals surface area contributed by atoms with E-state index in [0.29, 0.717) is 23.6 Å². The largest absolute Gasteiger partial charge is 0.352 e. The zero-order valence-corrected chi connectivity index (χ0v) is 15.5. The molecule has 0 bridgehead atoms. The third-order valence-electron chi connectivity index (χ3n) is 4.66. The van der Waals surface area contributed by atoms with Crippen LogP contribution in [-0.2, 0) is 15.6 Å². The molecule has 1 atom stereocenters. The quantitative estimate of drug-likeness (QED) is 0.816. The van der Waals surface area contributed by atoms with Crippen LogP contribution in [0.3, 0.4) is 0 Å². The summed E-state index contributed by atoms with van der Waals surface area (Å²) in [6.07, 6.45) is 2.21. The molecule has 0 aromatic heterocycles. The Kier molecular flexibility index (Phi) is 6.06. The van der Waals surface area contributed by atoms with Crippen molar-refractivity contribution in [3.63, 3.8) is 0 Å². The maximum atomic E-state index is 12.6. The number of hydrogen-bond donors (Lipinski definition) is 2. The number of amides is 1. The van der Waals surface area contributed by atoms with Crippen LogP contribution in [0.15, 0.2) is 59.5 Å². The standard InChI is InChI=1S/C20H24N2O3S/c23-20(22-14-16-7-6-12-21-13-16)19-11-5-4-8-17(19)15-26(24,25)18-9-2-1-3-10-18/h1-5,8-11,16,21H,6-7,12-15H2,(H,22,23). The van der Waals surface area contributed by atoms with Crippen molar-refractivity contribution < 1.29 is 13.2 Å². The Morgan fingerprint density at radius 3 is 2.54 bits per heavy atom. The third kappa shape index (κ3) is 4.71. The Hall–Kier alpha value is -2.18. The SMILES string of the molecule is O=C(NCC1CCCNC1)c1ccccc1CS(=O)(=O)c1ccccc1. The lowest BCUT2D eigenvalue weighted by Gasteiger charge is -2.23. The summed E-state index contributed by atoms with van der Waals surface area (Å²) in [7, 11) is -3.49. The van der Waals surface area contributed by atoms with E-state index in [1.165, 1.54) is 0 Å². The van der Waals surface area contributed by atoms with Crippen molar-refractivity contribution >= 4 is 15.7 Å². The van der Waals surface area contributed by atoms with Gasteiger partial charge in [0.15, 0.2) is 9.84 Å². The highest BCUT2D eigenvalue weighted by molar-refractivity contribution is 7.90. The zero-order valence-electron chi connectivity index (χ0n) is 14.6. The normalized spacial score (nSPS) is 17.6. The van der Waals surface area contributed by atoms with Crippen molar-refractivity contribution in [1.82, 2.24) is 10.6 Å². The summed E-state index contributed by atoms with van der Waals surface area (Å²) in [4.78, 5) is 12.9. The zero-order chi connectivity index (χ0) is 18.4. The first kappa shape index (κ1) is 18.6. The Morgan fingerprint density at radius 2 is 1.81 bits per heavy atom. The lowest BCUT2D eigenvalue weighted by atomic mass is 9.99. The van der Waals surface area contributed by atoms with E-state index in [0.717, 1.165) is 25.9 Å². The van der Waals surface area contributed by atoms with Crippen LogP contribution in [0.5, 0.6) is 0 Å². The second-order valence-corrected chi connectivity index (χ2v) is 8.64. The van der Waals surface area contributed by atoms with Gasteiger partial charge >= 0.3 is 0 Å². The van der Waals surface area contributed by atoms with Crippen LogP contribution in [0.4, 0.5) is 0 Å². The molecule has 1 amide bonds. The van der Waals surface area contributed by atoms with E-state index >= 15 is 0 Å². The van der Waals surface area contributed by atoms with E-state index in [1.807, 2.05) is 0 Å². The first-order valence-electron chi connectivity index (χ1n) is 8.91. The predicted molar refractivity (Wildman–Crippen MR) is 102 cm³/mol. The van der Waals surface area contributed by atoms with Gasteiger partial charge in [0.2, 0.25) is 0 Å². The van der Waals surface area contributed by atoms with Crippen LogP contribution in [0.1, 0.15) is 28.8 Å². The van der Waals surface area contributed by atoms with Gasteiger partial charge in [0, 0.05) is 12.1 Å². The van der Waals surface area contributed by atoms with Crippen molar-refractivity contribution in [2.45, 2.75) is 23.5 Å². The van der Waals surface area contributed by atoms with Crippen molar-refractivity contribution in [2.24, 2.45) is 5.92 Å². The van der Waals surface area contributed by atoms with Gasteiger partial charge in [-0.25, -0.2) is 8.42 Å². The topological polar surface area (TPSA) is 75.3 Å². The van der Waals surface area contributed by atoms with Crippen molar-refractivity contribution in [1.29, 1.82) is 0 Å². The van der Waals surface area contributed by atoms with Gasteiger partial charge < -0.3 is 10.6 Å². The minimum Gasteiger partial charge on any atom is -0.352 e. The summed E-state index contributed by atoms with van der Waals surface area (Å²) in [6.45, 7) is 2.54. The molecule has 0 radical (unpaired) electrons. The molecule has 1 heterocycles. The lowest BCUT2D eigenvalue weighted by Crippen LogP contribution is -2.38. The Bertz CT molecular complexity index is 844. The highest BCUT2D eigenvalue weighted by Crippen LogP contribution is 2.19. The third-order valence-corrected chi connectivity index (χ3v) is 6.34. The molecule has 138 valence electrons. The summed E-state index contributed by atoms with van der Waals surface area (Å²) in [5.74, 6) is 0.0216. The highest BCUT2D eigenvalue weighted by Gasteiger charge is 2.20. The van der Waals surface area contributed by atoms with Gasteiger partial charge in [-0.1, -0.05) is 36.4 Å². The summed E-state index contributed by atoms with van der Waals surface area (Å²) >= 11 is 0. The first-order chi connectivity index (χ1) is 12.6. The number of piperidine rings is 1. The van der Waals surface area contributed by atoms with Gasteiger partial charge in [-0.05, 0) is 55.6 Å². The molecule has 0 saturated carbocycles. The van der Waals surface area contributed by atoms with Crippen molar-refractivity contribution in [2.75, 3.05) is 19.6 Å². The van der Waals surface area contributed by atoms with Gasteiger partial charge in [-0.2, -0.15) is 0 Å².